The van der Waals surface area contributed by atoms with Crippen LogP contribution in [0.15, 0.2) is 0 Å². The molecule has 0 amide bonds. The van der Waals surface area contributed by atoms with Crippen molar-refractivity contribution in [2.75, 3.05) is 13.2 Å². The van der Waals surface area contributed by atoms with Gasteiger partial charge in [-0.1, -0.05) is 6.92 Å². The maximum Gasteiger partial charge on any atom is 0.0628 e. The van der Waals surface area contributed by atoms with Gasteiger partial charge in [0.15, 0.2) is 0 Å². The van der Waals surface area contributed by atoms with E-state index < -0.39 is 0 Å². The number of rotatable bonds is 3. The normalized spacial score (nSPS) is 29.8. The zero-order valence-electron chi connectivity index (χ0n) is 7.82. The van der Waals surface area contributed by atoms with Gasteiger partial charge in [0.05, 0.1) is 12.7 Å². The predicted octanol–water partition coefficient (Wildman–Crippen LogP) is 1.67. The van der Waals surface area contributed by atoms with Crippen LogP contribution in [0.5, 0.6) is 0 Å². The van der Waals surface area contributed by atoms with Gasteiger partial charge in [0.1, 0.15) is 0 Å². The molecule has 1 saturated heterocycles. The molecule has 1 fully saturated rings. The average molecular weight is 190 g/mol. The van der Waals surface area contributed by atoms with Crippen molar-refractivity contribution in [2.45, 2.75) is 43.3 Å². The smallest absolute Gasteiger partial charge is 0.0628 e. The SMILES string of the molecule is CC(O)C(C)SC1CCCOC1. The summed E-state index contributed by atoms with van der Waals surface area (Å²) >= 11 is 1.85. The van der Waals surface area contributed by atoms with Crippen molar-refractivity contribution in [2.24, 2.45) is 0 Å². The molecule has 0 aromatic heterocycles. The number of aliphatic hydroxyl groups excluding tert-OH is 1. The molecule has 1 heterocycles. The van der Waals surface area contributed by atoms with E-state index in [2.05, 4.69) is 6.92 Å². The molecule has 3 atom stereocenters. The Morgan fingerprint density at radius 3 is 2.75 bits per heavy atom. The molecule has 3 unspecified atom stereocenters. The van der Waals surface area contributed by atoms with Crippen LogP contribution in [-0.4, -0.2) is 34.9 Å². The lowest BCUT2D eigenvalue weighted by Crippen LogP contribution is -2.25. The molecule has 1 aliphatic heterocycles. The molecular weight excluding hydrogens is 172 g/mol. The first kappa shape index (κ1) is 10.4. The lowest BCUT2D eigenvalue weighted by molar-refractivity contribution is 0.101. The van der Waals surface area contributed by atoms with Gasteiger partial charge in [0, 0.05) is 17.1 Å². The molecule has 0 aromatic carbocycles. The van der Waals surface area contributed by atoms with Gasteiger partial charge in [-0.05, 0) is 19.8 Å². The molecule has 0 spiro atoms. The van der Waals surface area contributed by atoms with E-state index in [0.29, 0.717) is 10.5 Å². The molecule has 0 bridgehead atoms. The Balaban J connectivity index is 2.20. The summed E-state index contributed by atoms with van der Waals surface area (Å²) in [6, 6.07) is 0. The first-order chi connectivity index (χ1) is 5.70. The standard InChI is InChI=1S/C9H18O2S/c1-7(10)8(2)12-9-4-3-5-11-6-9/h7-10H,3-6H2,1-2H3. The minimum absolute atomic E-state index is 0.211. The van der Waals surface area contributed by atoms with E-state index in [1.165, 1.54) is 12.8 Å². The highest BCUT2D eigenvalue weighted by Gasteiger charge is 2.19. The fourth-order valence-electron chi connectivity index (χ4n) is 1.24. The molecule has 1 rings (SSSR count). The van der Waals surface area contributed by atoms with Gasteiger partial charge in [0.2, 0.25) is 0 Å². The average Bonchev–Trinajstić information content (AvgIpc) is 2.06. The number of aliphatic hydroxyl groups is 1. The summed E-state index contributed by atoms with van der Waals surface area (Å²) < 4.78 is 5.36. The third-order valence-electron chi connectivity index (χ3n) is 2.20. The van der Waals surface area contributed by atoms with Crippen LogP contribution in [-0.2, 0) is 4.74 Å². The molecule has 0 radical (unpaired) electrons. The maximum atomic E-state index is 9.29. The Labute approximate surface area is 78.7 Å². The number of hydrogen-bond donors (Lipinski definition) is 1. The summed E-state index contributed by atoms with van der Waals surface area (Å²) in [4.78, 5) is 0. The van der Waals surface area contributed by atoms with E-state index >= 15 is 0 Å². The minimum Gasteiger partial charge on any atom is -0.392 e. The molecule has 0 aromatic rings. The number of hydrogen-bond acceptors (Lipinski definition) is 3. The van der Waals surface area contributed by atoms with Crippen LogP contribution in [0.1, 0.15) is 26.7 Å². The molecule has 0 aliphatic carbocycles. The van der Waals surface area contributed by atoms with Crippen LogP contribution in [0.3, 0.4) is 0 Å². The van der Waals surface area contributed by atoms with Crippen molar-refractivity contribution in [3.63, 3.8) is 0 Å². The van der Waals surface area contributed by atoms with Crippen molar-refractivity contribution in [3.05, 3.63) is 0 Å². The molecule has 1 N–H and O–H groups in total. The van der Waals surface area contributed by atoms with Crippen LogP contribution >= 0.6 is 11.8 Å². The van der Waals surface area contributed by atoms with Crippen molar-refractivity contribution >= 4 is 11.8 Å². The second-order valence-corrected chi connectivity index (χ2v) is 5.10. The molecule has 3 heteroatoms. The Hall–Kier alpha value is 0.270. The molecule has 2 nitrogen and oxygen atoms in total. The summed E-state index contributed by atoms with van der Waals surface area (Å²) in [5.41, 5.74) is 0. The molecule has 12 heavy (non-hydrogen) atoms. The Bertz CT molecular complexity index is 122. The van der Waals surface area contributed by atoms with Gasteiger partial charge in [0.25, 0.3) is 0 Å². The van der Waals surface area contributed by atoms with Gasteiger partial charge < -0.3 is 9.84 Å². The van der Waals surface area contributed by atoms with E-state index in [1.54, 1.807) is 0 Å². The summed E-state index contributed by atoms with van der Waals surface area (Å²) in [6.07, 6.45) is 2.20. The number of ether oxygens (including phenoxy) is 1. The minimum atomic E-state index is -0.211. The van der Waals surface area contributed by atoms with Crippen molar-refractivity contribution in [3.8, 4) is 0 Å². The van der Waals surface area contributed by atoms with Gasteiger partial charge in [-0.3, -0.25) is 0 Å². The van der Waals surface area contributed by atoms with E-state index in [4.69, 9.17) is 4.74 Å². The summed E-state index contributed by atoms with van der Waals surface area (Å²) in [5, 5.41) is 10.2. The Morgan fingerprint density at radius 2 is 2.25 bits per heavy atom. The second-order valence-electron chi connectivity index (χ2n) is 3.42. The van der Waals surface area contributed by atoms with E-state index in [1.807, 2.05) is 18.7 Å². The quantitative estimate of drug-likeness (QED) is 0.734. The van der Waals surface area contributed by atoms with E-state index in [0.717, 1.165) is 13.2 Å². The van der Waals surface area contributed by atoms with Crippen LogP contribution in [0.4, 0.5) is 0 Å². The topological polar surface area (TPSA) is 29.5 Å². The van der Waals surface area contributed by atoms with E-state index in [-0.39, 0.29) is 6.10 Å². The highest BCUT2D eigenvalue weighted by Crippen LogP contribution is 2.26. The maximum absolute atomic E-state index is 9.29. The first-order valence-electron chi connectivity index (χ1n) is 4.61. The third-order valence-corrected chi connectivity index (χ3v) is 3.78. The van der Waals surface area contributed by atoms with Gasteiger partial charge in [-0.2, -0.15) is 11.8 Å². The second kappa shape index (κ2) is 5.10. The summed E-state index contributed by atoms with van der Waals surface area (Å²) in [6.45, 7) is 5.70. The molecule has 1 aliphatic rings. The molecular formula is C9H18O2S. The first-order valence-corrected chi connectivity index (χ1v) is 5.55. The summed E-state index contributed by atoms with van der Waals surface area (Å²) in [5.74, 6) is 0. The fourth-order valence-corrected chi connectivity index (χ4v) is 2.55. The van der Waals surface area contributed by atoms with Crippen LogP contribution in [0.25, 0.3) is 0 Å². The monoisotopic (exact) mass is 190 g/mol. The highest BCUT2D eigenvalue weighted by molar-refractivity contribution is 8.00. The highest BCUT2D eigenvalue weighted by atomic mass is 32.2. The van der Waals surface area contributed by atoms with Gasteiger partial charge in [-0.15, -0.1) is 0 Å². The molecule has 72 valence electrons. The van der Waals surface area contributed by atoms with Crippen molar-refractivity contribution in [1.29, 1.82) is 0 Å². The lowest BCUT2D eigenvalue weighted by atomic mass is 10.2. The zero-order chi connectivity index (χ0) is 8.97. The predicted molar refractivity (Wildman–Crippen MR) is 52.6 cm³/mol. The Kier molecular flexibility index (Phi) is 4.40. The van der Waals surface area contributed by atoms with Crippen molar-refractivity contribution < 1.29 is 9.84 Å². The van der Waals surface area contributed by atoms with Crippen LogP contribution in [0.2, 0.25) is 0 Å². The third kappa shape index (κ3) is 3.33. The number of thioether (sulfide) groups is 1. The van der Waals surface area contributed by atoms with E-state index in [9.17, 15) is 5.11 Å². The van der Waals surface area contributed by atoms with Crippen molar-refractivity contribution in [1.82, 2.24) is 0 Å². The lowest BCUT2D eigenvalue weighted by Gasteiger charge is -2.25. The Morgan fingerprint density at radius 1 is 1.50 bits per heavy atom. The van der Waals surface area contributed by atoms with Crippen LogP contribution in [0, 0.1) is 0 Å². The zero-order valence-corrected chi connectivity index (χ0v) is 8.64. The summed E-state index contributed by atoms with van der Waals surface area (Å²) in [7, 11) is 0. The van der Waals surface area contributed by atoms with Crippen LogP contribution < -0.4 is 0 Å². The largest absolute Gasteiger partial charge is 0.392 e. The van der Waals surface area contributed by atoms with Gasteiger partial charge in [-0.25, -0.2) is 0 Å². The van der Waals surface area contributed by atoms with Gasteiger partial charge >= 0.3 is 0 Å². The molecule has 0 saturated carbocycles. The fraction of sp³-hybridized carbons (Fsp3) is 1.00.